The molecule has 2 heterocycles. The van der Waals surface area contributed by atoms with Crippen molar-refractivity contribution in [2.75, 3.05) is 63.9 Å². The molecule has 1 fully saturated rings. The highest BCUT2D eigenvalue weighted by atomic mass is 16.5. The van der Waals surface area contributed by atoms with Crippen LogP contribution in [0.4, 0.5) is 11.4 Å². The van der Waals surface area contributed by atoms with Gasteiger partial charge < -0.3 is 19.9 Å². The quantitative estimate of drug-likeness (QED) is 0.354. The molecule has 206 valence electrons. The number of rotatable bonds is 7. The minimum atomic E-state index is -3.60. The Bertz CT molecular complexity index is 2070. The van der Waals surface area contributed by atoms with Gasteiger partial charge in [0.15, 0.2) is 0 Å². The molecule has 2 aliphatic rings. The number of fused-ring (bicyclic) bond motifs is 1. The van der Waals surface area contributed by atoms with Crippen LogP contribution in [0.15, 0.2) is 72.7 Å². The van der Waals surface area contributed by atoms with Crippen molar-refractivity contribution in [3.05, 3.63) is 95.0 Å². The molecule has 2 aliphatic heterocycles. The smallest absolute Gasteiger partial charge is 0.337 e. The number of nitrogens with one attached hydrogen (secondary N) is 1. The highest BCUT2D eigenvalue weighted by Gasteiger charge is 2.29. The molecule has 0 bridgehead atoms. The van der Waals surface area contributed by atoms with Gasteiger partial charge in [-0.15, -0.1) is 0 Å². The monoisotopic (exact) mass is 553 g/mol. The Balaban J connectivity index is 1.65. The minimum Gasteiger partial charge on any atom is -0.465 e. The standard InChI is InChI=1S/C32H34N4O4/c1-34-15-17-36(18-16-34)21-29(37)35(2)25-12-9-22(10-13-25)19-27(23-7-5-4-6-8-23)30-26-14-11-24(32(39)40-3)20-28(26)33-31(30)38/h4-14,20H,15-19,21H2,1-3H3,(H,33,38)/b30-27+/i2D3,9D,10D,12D,13D,15D2,16D2,17D2,18D2. The maximum atomic E-state index is 13.9. The lowest BCUT2D eigenvalue weighted by molar-refractivity contribution is -0.119. The van der Waals surface area contributed by atoms with Crippen LogP contribution in [-0.2, 0) is 20.7 Å². The van der Waals surface area contributed by atoms with E-state index in [1.54, 1.807) is 30.3 Å². The van der Waals surface area contributed by atoms with E-state index in [0.29, 0.717) is 11.1 Å². The fraction of sp³-hybridized carbons (Fsp3) is 0.281. The van der Waals surface area contributed by atoms with Crippen LogP contribution in [0.25, 0.3) is 11.1 Å². The molecule has 0 radical (unpaired) electrons. The zero-order valence-electron chi connectivity index (χ0n) is 36.5. The predicted molar refractivity (Wildman–Crippen MR) is 157 cm³/mol. The molecule has 0 aromatic heterocycles. The second-order valence-corrected chi connectivity index (χ2v) is 8.75. The normalized spacial score (nSPS) is 27.6. The first-order valence-electron chi connectivity index (χ1n) is 19.5. The average molecular weight is 554 g/mol. The van der Waals surface area contributed by atoms with Crippen molar-refractivity contribution in [1.29, 1.82) is 0 Å². The number of carbonyl (C=O) groups is 3. The van der Waals surface area contributed by atoms with Gasteiger partial charge in [-0.3, -0.25) is 14.5 Å². The maximum absolute atomic E-state index is 13.9. The first kappa shape index (κ1) is 14.4. The number of ether oxygens (including phenoxy) is 1. The molecule has 8 heteroatoms. The number of anilines is 2. The fourth-order valence-electron chi connectivity index (χ4n) is 4.14. The summed E-state index contributed by atoms with van der Waals surface area (Å²) < 4.78 is 131. The van der Waals surface area contributed by atoms with E-state index < -0.39 is 93.6 Å². The molecule has 1 saturated heterocycles. The molecule has 0 spiro atoms. The molecule has 1 N–H and O–H groups in total. The van der Waals surface area contributed by atoms with Gasteiger partial charge in [0.05, 0.1) is 30.3 Å². The van der Waals surface area contributed by atoms with E-state index in [0.717, 1.165) is 7.05 Å². The number of methoxy groups -OCH3 is 1. The molecular formula is C32H34N4O4. The van der Waals surface area contributed by atoms with Gasteiger partial charge in [0.25, 0.3) is 5.91 Å². The van der Waals surface area contributed by atoms with Gasteiger partial charge in [0, 0.05) is 65.0 Å². The van der Waals surface area contributed by atoms with Crippen molar-refractivity contribution >= 4 is 40.3 Å². The van der Waals surface area contributed by atoms with Crippen LogP contribution < -0.4 is 10.2 Å². The van der Waals surface area contributed by atoms with E-state index in [1.165, 1.54) is 25.3 Å². The first-order chi connectivity index (χ1) is 25.2. The highest BCUT2D eigenvalue weighted by molar-refractivity contribution is 6.37. The lowest BCUT2D eigenvalue weighted by atomic mass is 9.90. The van der Waals surface area contributed by atoms with Gasteiger partial charge in [-0.25, -0.2) is 4.79 Å². The first-order valence-corrected chi connectivity index (χ1v) is 12.0. The molecule has 2 amide bonds. The van der Waals surface area contributed by atoms with Gasteiger partial charge in [-0.1, -0.05) is 48.5 Å². The third-order valence-corrected chi connectivity index (χ3v) is 6.10. The topological polar surface area (TPSA) is 82.2 Å². The van der Waals surface area contributed by atoms with Crippen molar-refractivity contribution in [3.8, 4) is 0 Å². The molecule has 8 nitrogen and oxygen atoms in total. The van der Waals surface area contributed by atoms with E-state index in [-0.39, 0.29) is 42.7 Å². The molecule has 0 unspecified atom stereocenters. The van der Waals surface area contributed by atoms with Crippen molar-refractivity contribution < 1.29 is 39.7 Å². The Labute approximate surface area is 255 Å². The summed E-state index contributed by atoms with van der Waals surface area (Å²) in [5.74, 6) is -2.98. The number of hydrogen-bond donors (Lipinski definition) is 1. The summed E-state index contributed by atoms with van der Waals surface area (Å²) >= 11 is 0. The largest absolute Gasteiger partial charge is 0.465 e. The van der Waals surface area contributed by atoms with Gasteiger partial charge in [-0.2, -0.15) is 0 Å². The summed E-state index contributed by atoms with van der Waals surface area (Å²) in [6, 6.07) is 8.91. The van der Waals surface area contributed by atoms with Gasteiger partial charge >= 0.3 is 5.97 Å². The Morgan fingerprint density at radius 2 is 1.77 bits per heavy atom. The molecule has 0 atom stereocenters. The van der Waals surface area contributed by atoms with Crippen LogP contribution in [0.3, 0.4) is 0 Å². The zero-order valence-corrected chi connectivity index (χ0v) is 21.5. The summed E-state index contributed by atoms with van der Waals surface area (Å²) in [5, 5.41) is 2.68. The summed E-state index contributed by atoms with van der Waals surface area (Å²) in [5.41, 5.74) is 0.0876. The van der Waals surface area contributed by atoms with Crippen molar-refractivity contribution in [1.82, 2.24) is 9.80 Å². The SMILES string of the molecule is [2H]c1c([2H])c(N(C(=O)CN2C([2H])([2H])C([2H])([2H])N(C)C([2H])([2H])C2([2H])[2H])C([2H])([2H])[2H])c([2H])c([2H])c1C/C(=C1\C(=O)Nc2cc(C(=O)OC)ccc21)c1ccccc1. The van der Waals surface area contributed by atoms with E-state index in [9.17, 15) is 14.4 Å². The minimum absolute atomic E-state index is 0.0771. The number of piperazine rings is 1. The molecule has 5 rings (SSSR count). The number of likely N-dealkylation sites (N-methyl/N-ethyl adjacent to an activating group) is 2. The molecule has 0 aliphatic carbocycles. The van der Waals surface area contributed by atoms with Crippen molar-refractivity contribution in [3.63, 3.8) is 0 Å². The number of nitrogens with zero attached hydrogens (tertiary/aromatic N) is 3. The number of benzene rings is 3. The van der Waals surface area contributed by atoms with Crippen LogP contribution in [0.1, 0.15) is 47.6 Å². The second kappa shape index (κ2) is 11.9. The number of esters is 1. The van der Waals surface area contributed by atoms with Crippen LogP contribution in [0.2, 0.25) is 0 Å². The van der Waals surface area contributed by atoms with E-state index in [4.69, 9.17) is 25.3 Å². The average Bonchev–Trinajstić information content (AvgIpc) is 3.44. The number of allylic oxidation sites excluding steroid dienone is 1. The molecule has 40 heavy (non-hydrogen) atoms. The number of carbonyl (C=O) groups excluding carboxylic acids is 3. The summed E-state index contributed by atoms with van der Waals surface area (Å²) in [6.07, 6.45) is -0.436. The molecule has 3 aromatic carbocycles. The zero-order chi connectivity index (χ0) is 41.4. The van der Waals surface area contributed by atoms with Gasteiger partial charge in [-0.05, 0) is 54.4 Å². The van der Waals surface area contributed by atoms with E-state index in [2.05, 4.69) is 5.32 Å². The third kappa shape index (κ3) is 5.83. The second-order valence-electron chi connectivity index (χ2n) is 8.75. The molecule has 3 aromatic rings. The molecular weight excluding hydrogens is 504 g/mol. The number of amides is 2. The summed E-state index contributed by atoms with van der Waals surface area (Å²) in [4.78, 5) is 39.5. The van der Waals surface area contributed by atoms with Gasteiger partial charge in [0.1, 0.15) is 0 Å². The van der Waals surface area contributed by atoms with Crippen LogP contribution in [0, 0.1) is 0 Å². The lowest BCUT2D eigenvalue weighted by Crippen LogP contribution is -2.48. The fourth-order valence-corrected chi connectivity index (χ4v) is 4.14. The predicted octanol–water partition coefficient (Wildman–Crippen LogP) is 3.79. The Kier molecular flexibility index (Phi) is 4.26. The summed E-state index contributed by atoms with van der Waals surface area (Å²) in [7, 11) is 1.99. The van der Waals surface area contributed by atoms with E-state index >= 15 is 0 Å². The van der Waals surface area contributed by atoms with Crippen molar-refractivity contribution in [2.45, 2.75) is 6.42 Å². The number of hydrogen-bond acceptors (Lipinski definition) is 6. The highest BCUT2D eigenvalue weighted by Crippen LogP contribution is 2.39. The molecule has 0 saturated carbocycles. The van der Waals surface area contributed by atoms with Crippen molar-refractivity contribution in [2.24, 2.45) is 0 Å². The Morgan fingerprint density at radius 3 is 2.45 bits per heavy atom. The van der Waals surface area contributed by atoms with E-state index in [1.807, 2.05) is 0 Å². The van der Waals surface area contributed by atoms with Crippen LogP contribution >= 0.6 is 0 Å². The van der Waals surface area contributed by atoms with Crippen LogP contribution in [0.5, 0.6) is 0 Å². The lowest BCUT2D eigenvalue weighted by Gasteiger charge is -2.32. The Morgan fingerprint density at radius 1 is 1.05 bits per heavy atom. The third-order valence-electron chi connectivity index (χ3n) is 6.10. The van der Waals surface area contributed by atoms with Crippen LogP contribution in [-0.4, -0.2) is 81.2 Å². The maximum Gasteiger partial charge on any atom is 0.337 e. The Hall–Kier alpha value is -4.27. The van der Waals surface area contributed by atoms with Gasteiger partial charge in [0.2, 0.25) is 5.91 Å². The summed E-state index contributed by atoms with van der Waals surface area (Å²) in [6.45, 7) is -18.7.